The molecular formula is C24H29N5O2. The molecule has 0 spiro atoms. The Morgan fingerprint density at radius 2 is 1.77 bits per heavy atom. The van der Waals surface area contributed by atoms with Crippen LogP contribution in [0.15, 0.2) is 36.5 Å². The van der Waals surface area contributed by atoms with Crippen molar-refractivity contribution >= 4 is 17.5 Å². The highest BCUT2D eigenvalue weighted by atomic mass is 16.5. The van der Waals surface area contributed by atoms with Crippen molar-refractivity contribution in [2.75, 3.05) is 36.5 Å². The standard InChI is InChI=1S/C24H29N5O2/c1-3-30-20-11-15(10-18-14-28-24(26)29-23(18)25)12-21(31-4-2)22(20)17-7-8-19-16(13-17)6-5-9-27-19/h7-8,11-14,27H,3-6,9-10H2,1-2H3,(H4,25,26,28,29). The molecule has 2 aromatic carbocycles. The maximum absolute atomic E-state index is 6.07. The molecule has 162 valence electrons. The minimum absolute atomic E-state index is 0.170. The molecule has 0 radical (unpaired) electrons. The van der Waals surface area contributed by atoms with Crippen LogP contribution in [0.5, 0.6) is 11.5 Å². The normalized spacial score (nSPS) is 12.7. The van der Waals surface area contributed by atoms with Gasteiger partial charge in [-0.05, 0) is 67.6 Å². The van der Waals surface area contributed by atoms with Crippen molar-refractivity contribution in [2.45, 2.75) is 33.1 Å². The molecule has 4 rings (SSSR count). The number of anilines is 3. The number of nitrogens with zero attached hydrogens (tertiary/aromatic N) is 2. The van der Waals surface area contributed by atoms with E-state index >= 15 is 0 Å². The van der Waals surface area contributed by atoms with E-state index in [0.29, 0.717) is 25.5 Å². The maximum atomic E-state index is 6.07. The van der Waals surface area contributed by atoms with Crippen molar-refractivity contribution in [1.82, 2.24) is 9.97 Å². The summed E-state index contributed by atoms with van der Waals surface area (Å²) < 4.78 is 12.1. The molecule has 0 aliphatic carbocycles. The Hall–Kier alpha value is -3.48. The average Bonchev–Trinajstić information content (AvgIpc) is 2.76. The molecule has 5 N–H and O–H groups in total. The summed E-state index contributed by atoms with van der Waals surface area (Å²) >= 11 is 0. The Morgan fingerprint density at radius 1 is 1.03 bits per heavy atom. The quantitative estimate of drug-likeness (QED) is 0.530. The van der Waals surface area contributed by atoms with Crippen LogP contribution in [0.25, 0.3) is 11.1 Å². The van der Waals surface area contributed by atoms with Gasteiger partial charge >= 0.3 is 0 Å². The molecular weight excluding hydrogens is 390 g/mol. The van der Waals surface area contributed by atoms with Gasteiger partial charge in [-0.3, -0.25) is 0 Å². The zero-order valence-corrected chi connectivity index (χ0v) is 18.1. The first-order valence-electron chi connectivity index (χ1n) is 10.8. The molecule has 7 heteroatoms. The molecule has 1 aliphatic heterocycles. The number of aryl methyl sites for hydroxylation is 1. The number of hydrogen-bond donors (Lipinski definition) is 3. The van der Waals surface area contributed by atoms with Crippen LogP contribution in [0, 0.1) is 0 Å². The molecule has 0 fully saturated rings. The summed E-state index contributed by atoms with van der Waals surface area (Å²) in [5.41, 5.74) is 18.1. The number of benzene rings is 2. The van der Waals surface area contributed by atoms with Gasteiger partial charge in [-0.15, -0.1) is 0 Å². The van der Waals surface area contributed by atoms with Crippen LogP contribution in [-0.2, 0) is 12.8 Å². The van der Waals surface area contributed by atoms with E-state index in [4.69, 9.17) is 20.9 Å². The minimum atomic E-state index is 0.170. The first-order chi connectivity index (χ1) is 15.1. The zero-order valence-electron chi connectivity index (χ0n) is 18.1. The van der Waals surface area contributed by atoms with E-state index in [1.165, 1.54) is 11.3 Å². The first kappa shape index (κ1) is 20.8. The average molecular weight is 420 g/mol. The van der Waals surface area contributed by atoms with E-state index in [2.05, 4.69) is 45.6 Å². The Morgan fingerprint density at radius 3 is 2.45 bits per heavy atom. The molecule has 7 nitrogen and oxygen atoms in total. The van der Waals surface area contributed by atoms with Crippen LogP contribution >= 0.6 is 0 Å². The zero-order chi connectivity index (χ0) is 21.8. The van der Waals surface area contributed by atoms with Gasteiger partial charge < -0.3 is 26.3 Å². The number of aromatic nitrogens is 2. The molecule has 31 heavy (non-hydrogen) atoms. The van der Waals surface area contributed by atoms with Crippen LogP contribution in [-0.4, -0.2) is 29.7 Å². The van der Waals surface area contributed by atoms with E-state index in [1.54, 1.807) is 6.20 Å². The molecule has 1 aromatic heterocycles. The fourth-order valence-corrected chi connectivity index (χ4v) is 3.99. The number of rotatable bonds is 7. The van der Waals surface area contributed by atoms with Gasteiger partial charge in [0.2, 0.25) is 5.95 Å². The van der Waals surface area contributed by atoms with Crippen molar-refractivity contribution in [2.24, 2.45) is 0 Å². The highest BCUT2D eigenvalue weighted by Gasteiger charge is 2.19. The second-order valence-electron chi connectivity index (χ2n) is 7.55. The third kappa shape index (κ3) is 4.50. The van der Waals surface area contributed by atoms with Gasteiger partial charge in [0.1, 0.15) is 17.3 Å². The highest BCUT2D eigenvalue weighted by molar-refractivity contribution is 5.80. The molecule has 0 amide bonds. The molecule has 1 aliphatic rings. The van der Waals surface area contributed by atoms with Gasteiger partial charge in [0, 0.05) is 30.4 Å². The second-order valence-corrected chi connectivity index (χ2v) is 7.55. The largest absolute Gasteiger partial charge is 0.493 e. The summed E-state index contributed by atoms with van der Waals surface area (Å²) in [5.74, 6) is 2.14. The second kappa shape index (κ2) is 9.12. The van der Waals surface area contributed by atoms with Gasteiger partial charge in [-0.1, -0.05) is 6.07 Å². The monoisotopic (exact) mass is 419 g/mol. The fraction of sp³-hybridized carbons (Fsp3) is 0.333. The Bertz CT molecular complexity index is 1060. The minimum Gasteiger partial charge on any atom is -0.493 e. The van der Waals surface area contributed by atoms with Gasteiger partial charge in [0.05, 0.1) is 18.8 Å². The molecule has 0 atom stereocenters. The lowest BCUT2D eigenvalue weighted by molar-refractivity contribution is 0.325. The topological polar surface area (TPSA) is 108 Å². The lowest BCUT2D eigenvalue weighted by Crippen LogP contribution is -2.11. The summed E-state index contributed by atoms with van der Waals surface area (Å²) in [4.78, 5) is 8.15. The van der Waals surface area contributed by atoms with E-state index in [9.17, 15) is 0 Å². The summed E-state index contributed by atoms with van der Waals surface area (Å²) in [6.07, 6.45) is 4.43. The van der Waals surface area contributed by atoms with Crippen molar-refractivity contribution in [3.8, 4) is 22.6 Å². The fourth-order valence-electron chi connectivity index (χ4n) is 3.99. The molecule has 0 saturated carbocycles. The number of hydrogen-bond acceptors (Lipinski definition) is 7. The van der Waals surface area contributed by atoms with Crippen LogP contribution in [0.4, 0.5) is 17.5 Å². The van der Waals surface area contributed by atoms with Crippen LogP contribution in [0.2, 0.25) is 0 Å². The molecule has 0 unspecified atom stereocenters. The van der Waals surface area contributed by atoms with Crippen molar-refractivity contribution in [3.63, 3.8) is 0 Å². The third-order valence-electron chi connectivity index (χ3n) is 5.37. The number of ether oxygens (including phenoxy) is 2. The number of nitrogens with two attached hydrogens (primary N) is 2. The smallest absolute Gasteiger partial charge is 0.221 e. The van der Waals surface area contributed by atoms with Gasteiger partial charge in [-0.25, -0.2) is 4.98 Å². The molecule has 0 bridgehead atoms. The lowest BCUT2D eigenvalue weighted by Gasteiger charge is -2.21. The summed E-state index contributed by atoms with van der Waals surface area (Å²) in [5, 5.41) is 3.47. The summed E-state index contributed by atoms with van der Waals surface area (Å²) in [6, 6.07) is 10.6. The number of fused-ring (bicyclic) bond motifs is 1. The maximum Gasteiger partial charge on any atom is 0.221 e. The summed E-state index contributed by atoms with van der Waals surface area (Å²) in [6.45, 7) is 6.11. The molecule has 2 heterocycles. The van der Waals surface area contributed by atoms with E-state index in [-0.39, 0.29) is 5.95 Å². The number of nitrogens with one attached hydrogen (secondary N) is 1. The van der Waals surface area contributed by atoms with Crippen LogP contribution < -0.4 is 26.3 Å². The van der Waals surface area contributed by atoms with E-state index in [0.717, 1.165) is 53.1 Å². The third-order valence-corrected chi connectivity index (χ3v) is 5.37. The van der Waals surface area contributed by atoms with E-state index in [1.807, 2.05) is 13.8 Å². The lowest BCUT2D eigenvalue weighted by atomic mass is 9.94. The van der Waals surface area contributed by atoms with Crippen molar-refractivity contribution in [3.05, 3.63) is 53.2 Å². The number of nitrogen functional groups attached to an aromatic ring is 2. The predicted octanol–water partition coefficient (Wildman–Crippen LogP) is 4.05. The Balaban J connectivity index is 1.79. The highest BCUT2D eigenvalue weighted by Crippen LogP contribution is 2.42. The van der Waals surface area contributed by atoms with Crippen molar-refractivity contribution < 1.29 is 9.47 Å². The Labute approximate surface area is 182 Å². The van der Waals surface area contributed by atoms with Gasteiger partial charge in [0.25, 0.3) is 0 Å². The van der Waals surface area contributed by atoms with Gasteiger partial charge in [0.15, 0.2) is 0 Å². The molecule has 0 saturated heterocycles. The predicted molar refractivity (Wildman–Crippen MR) is 125 cm³/mol. The molecule has 3 aromatic rings. The van der Waals surface area contributed by atoms with Gasteiger partial charge in [-0.2, -0.15) is 4.98 Å². The van der Waals surface area contributed by atoms with Crippen LogP contribution in [0.1, 0.15) is 37.0 Å². The SMILES string of the molecule is CCOc1cc(Cc2cnc(N)nc2N)cc(OCC)c1-c1ccc2c(c1)CCCN2. The van der Waals surface area contributed by atoms with E-state index < -0.39 is 0 Å². The van der Waals surface area contributed by atoms with Crippen LogP contribution in [0.3, 0.4) is 0 Å². The first-order valence-corrected chi connectivity index (χ1v) is 10.8. The van der Waals surface area contributed by atoms with Crippen molar-refractivity contribution in [1.29, 1.82) is 0 Å². The summed E-state index contributed by atoms with van der Waals surface area (Å²) in [7, 11) is 0. The Kier molecular flexibility index (Phi) is 6.11.